The van der Waals surface area contributed by atoms with Crippen molar-refractivity contribution >= 4 is 0 Å². The monoisotopic (exact) mass is 367 g/mol. The number of hydrogen-bond acceptors (Lipinski definition) is 1. The zero-order chi connectivity index (χ0) is 19.3. The lowest BCUT2D eigenvalue weighted by Crippen LogP contribution is -2.27. The summed E-state index contributed by atoms with van der Waals surface area (Å²) in [6, 6.07) is 0. The van der Waals surface area contributed by atoms with Crippen LogP contribution < -0.4 is 0 Å². The Morgan fingerprint density at radius 1 is 0.462 bits per heavy atom. The van der Waals surface area contributed by atoms with Crippen LogP contribution in [0.2, 0.25) is 0 Å². The molecule has 0 fully saturated rings. The van der Waals surface area contributed by atoms with Crippen molar-refractivity contribution in [2.45, 2.75) is 137 Å². The third-order valence-electron chi connectivity index (χ3n) is 5.66. The van der Waals surface area contributed by atoms with Gasteiger partial charge in [-0.2, -0.15) is 0 Å². The summed E-state index contributed by atoms with van der Waals surface area (Å²) in [4.78, 5) is 2.75. The largest absolute Gasteiger partial charge is 0.303 e. The molecular formula is C25H53N. The van der Waals surface area contributed by atoms with Gasteiger partial charge in [-0.1, -0.05) is 118 Å². The highest BCUT2D eigenvalue weighted by atomic mass is 15.1. The summed E-state index contributed by atoms with van der Waals surface area (Å²) in [7, 11) is 0. The molecule has 0 aliphatic carbocycles. The minimum Gasteiger partial charge on any atom is -0.303 e. The van der Waals surface area contributed by atoms with E-state index in [0.29, 0.717) is 0 Å². The van der Waals surface area contributed by atoms with Crippen molar-refractivity contribution in [3.05, 3.63) is 0 Å². The van der Waals surface area contributed by atoms with Gasteiger partial charge < -0.3 is 4.90 Å². The minimum absolute atomic E-state index is 0.893. The Morgan fingerprint density at radius 3 is 1.19 bits per heavy atom. The number of hydrogen-bond donors (Lipinski definition) is 0. The maximum atomic E-state index is 2.75. The smallest absolute Gasteiger partial charge is 0.00187 e. The van der Waals surface area contributed by atoms with E-state index >= 15 is 0 Å². The Morgan fingerprint density at radius 2 is 0.808 bits per heavy atom. The van der Waals surface area contributed by atoms with Crippen LogP contribution >= 0.6 is 0 Å². The van der Waals surface area contributed by atoms with Crippen LogP contribution in [-0.2, 0) is 0 Å². The van der Waals surface area contributed by atoms with Crippen molar-refractivity contribution in [1.29, 1.82) is 0 Å². The van der Waals surface area contributed by atoms with Crippen molar-refractivity contribution in [3.63, 3.8) is 0 Å². The lowest BCUT2D eigenvalue weighted by molar-refractivity contribution is 0.255. The molecule has 0 aromatic carbocycles. The standard InChI is InChI=1S/C25H53N/c1-5-7-18-22-26(23-19-8-6-2)24-20-16-14-12-10-9-11-13-15-17-21-25(3)4/h25H,5-24H2,1-4H3. The van der Waals surface area contributed by atoms with Gasteiger partial charge in [-0.15, -0.1) is 0 Å². The third kappa shape index (κ3) is 20.3. The van der Waals surface area contributed by atoms with Gasteiger partial charge in [0.05, 0.1) is 0 Å². The van der Waals surface area contributed by atoms with Gasteiger partial charge in [0, 0.05) is 0 Å². The van der Waals surface area contributed by atoms with Crippen LogP contribution in [0.5, 0.6) is 0 Å². The van der Waals surface area contributed by atoms with E-state index in [1.807, 2.05) is 0 Å². The Kier molecular flexibility index (Phi) is 21.2. The van der Waals surface area contributed by atoms with E-state index in [1.54, 1.807) is 0 Å². The summed E-state index contributed by atoms with van der Waals surface area (Å²) in [5.41, 5.74) is 0. The van der Waals surface area contributed by atoms with Gasteiger partial charge in [0.15, 0.2) is 0 Å². The van der Waals surface area contributed by atoms with E-state index in [0.717, 1.165) is 5.92 Å². The molecule has 0 spiro atoms. The van der Waals surface area contributed by atoms with Crippen LogP contribution in [0.25, 0.3) is 0 Å². The molecule has 0 saturated carbocycles. The Bertz CT molecular complexity index is 239. The van der Waals surface area contributed by atoms with E-state index in [9.17, 15) is 0 Å². The molecule has 0 atom stereocenters. The van der Waals surface area contributed by atoms with Crippen LogP contribution in [0.3, 0.4) is 0 Å². The van der Waals surface area contributed by atoms with E-state index in [2.05, 4.69) is 32.6 Å². The molecule has 0 N–H and O–H groups in total. The highest BCUT2D eigenvalue weighted by Gasteiger charge is 2.04. The van der Waals surface area contributed by atoms with Gasteiger partial charge in [0.2, 0.25) is 0 Å². The highest BCUT2D eigenvalue weighted by molar-refractivity contribution is 4.59. The van der Waals surface area contributed by atoms with Crippen molar-refractivity contribution < 1.29 is 0 Å². The molecule has 0 rings (SSSR count). The van der Waals surface area contributed by atoms with Crippen LogP contribution in [0.4, 0.5) is 0 Å². The van der Waals surface area contributed by atoms with E-state index in [1.165, 1.54) is 129 Å². The Hall–Kier alpha value is -0.0400. The fourth-order valence-corrected chi connectivity index (χ4v) is 3.81. The molecule has 0 radical (unpaired) electrons. The van der Waals surface area contributed by atoms with Crippen LogP contribution in [0.1, 0.15) is 137 Å². The minimum atomic E-state index is 0.893. The van der Waals surface area contributed by atoms with Crippen LogP contribution in [-0.4, -0.2) is 24.5 Å². The SMILES string of the molecule is CCCCCN(CCCCC)CCCCCCCCCCCCC(C)C. The lowest BCUT2D eigenvalue weighted by atomic mass is 10.0. The summed E-state index contributed by atoms with van der Waals surface area (Å²) in [5.74, 6) is 0.893. The maximum absolute atomic E-state index is 2.75. The molecule has 158 valence electrons. The van der Waals surface area contributed by atoms with Gasteiger partial charge in [0.1, 0.15) is 0 Å². The van der Waals surface area contributed by atoms with Gasteiger partial charge >= 0.3 is 0 Å². The third-order valence-corrected chi connectivity index (χ3v) is 5.66. The fourth-order valence-electron chi connectivity index (χ4n) is 3.81. The van der Waals surface area contributed by atoms with Crippen molar-refractivity contribution in [2.24, 2.45) is 5.92 Å². The molecule has 0 aromatic heterocycles. The molecule has 0 heterocycles. The topological polar surface area (TPSA) is 3.24 Å². The molecule has 0 unspecified atom stereocenters. The summed E-state index contributed by atoms with van der Waals surface area (Å²) in [6.45, 7) is 13.3. The van der Waals surface area contributed by atoms with Crippen LogP contribution in [0.15, 0.2) is 0 Å². The predicted octanol–water partition coefficient (Wildman–Crippen LogP) is 8.62. The highest BCUT2D eigenvalue weighted by Crippen LogP contribution is 2.14. The molecule has 0 aromatic rings. The maximum Gasteiger partial charge on any atom is -0.00187 e. The predicted molar refractivity (Wildman–Crippen MR) is 121 cm³/mol. The first-order valence-corrected chi connectivity index (χ1v) is 12.4. The average Bonchev–Trinajstić information content (AvgIpc) is 2.62. The summed E-state index contributed by atoms with van der Waals surface area (Å²) in [5, 5.41) is 0. The van der Waals surface area contributed by atoms with Crippen molar-refractivity contribution in [1.82, 2.24) is 4.90 Å². The van der Waals surface area contributed by atoms with Gasteiger partial charge in [0.25, 0.3) is 0 Å². The molecule has 0 saturated heterocycles. The molecule has 0 aliphatic rings. The first-order chi connectivity index (χ1) is 12.7. The summed E-state index contributed by atoms with van der Waals surface area (Å²) in [6.07, 6.45) is 24.3. The van der Waals surface area contributed by atoms with Gasteiger partial charge in [-0.3, -0.25) is 0 Å². The molecule has 0 amide bonds. The first kappa shape index (κ1) is 26.0. The molecular weight excluding hydrogens is 314 g/mol. The number of unbranched alkanes of at least 4 members (excludes halogenated alkanes) is 13. The van der Waals surface area contributed by atoms with Gasteiger partial charge in [-0.25, -0.2) is 0 Å². The van der Waals surface area contributed by atoms with Crippen molar-refractivity contribution in [3.8, 4) is 0 Å². The number of rotatable bonds is 21. The van der Waals surface area contributed by atoms with Crippen LogP contribution in [0, 0.1) is 5.92 Å². The zero-order valence-corrected chi connectivity index (χ0v) is 19.2. The van der Waals surface area contributed by atoms with E-state index in [4.69, 9.17) is 0 Å². The molecule has 0 bridgehead atoms. The Balaban J connectivity index is 3.44. The van der Waals surface area contributed by atoms with Crippen molar-refractivity contribution in [2.75, 3.05) is 19.6 Å². The fraction of sp³-hybridized carbons (Fsp3) is 1.00. The summed E-state index contributed by atoms with van der Waals surface area (Å²) >= 11 is 0. The second kappa shape index (κ2) is 21.3. The lowest BCUT2D eigenvalue weighted by Gasteiger charge is -2.22. The second-order valence-electron chi connectivity index (χ2n) is 8.97. The van der Waals surface area contributed by atoms with Gasteiger partial charge in [-0.05, 0) is 44.8 Å². The first-order valence-electron chi connectivity index (χ1n) is 12.4. The molecule has 1 nitrogen and oxygen atoms in total. The normalized spacial score (nSPS) is 11.8. The molecule has 26 heavy (non-hydrogen) atoms. The van der Waals surface area contributed by atoms with E-state index < -0.39 is 0 Å². The zero-order valence-electron chi connectivity index (χ0n) is 19.2. The molecule has 1 heteroatoms. The van der Waals surface area contributed by atoms with E-state index in [-0.39, 0.29) is 0 Å². The summed E-state index contributed by atoms with van der Waals surface area (Å²) < 4.78 is 0. The molecule has 0 aliphatic heterocycles. The second-order valence-corrected chi connectivity index (χ2v) is 8.97. The number of nitrogens with zero attached hydrogens (tertiary/aromatic N) is 1. The Labute approximate surface area is 167 Å². The average molecular weight is 368 g/mol. The quantitative estimate of drug-likeness (QED) is 0.183.